The Morgan fingerprint density at radius 2 is 1.00 bits per heavy atom. The Morgan fingerprint density at radius 1 is 0.350 bits per heavy atom. The minimum atomic E-state index is 0.702. The lowest BCUT2D eigenvalue weighted by molar-refractivity contribution is 1.18. The number of hydrogen-bond acceptors (Lipinski definition) is 3. The quantitative estimate of drug-likeness (QED) is 0.179. The number of fused-ring (bicyclic) bond motifs is 9. The number of rotatable bonds is 4. The van der Waals surface area contributed by atoms with Crippen LogP contribution in [0.3, 0.4) is 0 Å². The second-order valence-electron chi connectivity index (χ2n) is 15.7. The van der Waals surface area contributed by atoms with Crippen molar-refractivity contribution in [3.8, 4) is 39.5 Å². The van der Waals surface area contributed by atoms with Crippen LogP contribution in [0.2, 0.25) is 0 Å². The molecule has 1 aliphatic rings. The molecule has 0 amide bonds. The summed E-state index contributed by atoms with van der Waals surface area (Å²) >= 11 is 0. The molecule has 10 aromatic carbocycles. The second kappa shape index (κ2) is 12.7. The molecule has 0 unspecified atom stereocenters. The molecule has 12 aromatic rings. The molecule has 1 aliphatic heterocycles. The topological polar surface area (TPSA) is 34.0 Å². The van der Waals surface area contributed by atoms with Crippen LogP contribution < -0.4 is 4.90 Å². The number of aromatic nitrogens is 3. The molecule has 278 valence electrons. The standard InChI is InChI=1S/C56H34N4/c1-2-18-38(19-3-1)59-48-27-9-7-22-43(48)54-45(25-13-29-50(54)59)55-42-21-6-8-26-47(42)57-56(58-55)41-23-10-15-36-30-32-39(34-46(36)41)60-49-28-12-17-37-16-11-24-44(52(37)49)53-40-20-5-4-14-35(40)31-33-51(53)60/h1-34H. The molecule has 0 N–H and O–H groups in total. The van der Waals surface area contributed by atoms with E-state index in [1.54, 1.807) is 0 Å². The Morgan fingerprint density at radius 3 is 1.90 bits per heavy atom. The van der Waals surface area contributed by atoms with E-state index >= 15 is 0 Å². The van der Waals surface area contributed by atoms with E-state index in [-0.39, 0.29) is 0 Å². The van der Waals surface area contributed by atoms with E-state index < -0.39 is 0 Å². The number of nitrogens with zero attached hydrogens (tertiary/aromatic N) is 4. The molecule has 4 nitrogen and oxygen atoms in total. The number of benzene rings is 10. The maximum absolute atomic E-state index is 5.57. The summed E-state index contributed by atoms with van der Waals surface area (Å²) in [4.78, 5) is 13.3. The molecule has 0 bridgehead atoms. The van der Waals surface area contributed by atoms with Gasteiger partial charge in [-0.05, 0) is 87.1 Å². The number of anilines is 3. The predicted molar refractivity (Wildman–Crippen MR) is 251 cm³/mol. The van der Waals surface area contributed by atoms with E-state index in [9.17, 15) is 0 Å². The first-order chi connectivity index (χ1) is 29.8. The van der Waals surface area contributed by atoms with Crippen molar-refractivity contribution in [2.24, 2.45) is 0 Å². The molecular formula is C56H34N4. The summed E-state index contributed by atoms with van der Waals surface area (Å²) in [5, 5.41) is 10.6. The Hall–Kier alpha value is -8.08. The van der Waals surface area contributed by atoms with E-state index in [2.05, 4.69) is 216 Å². The van der Waals surface area contributed by atoms with Crippen LogP contribution in [0.15, 0.2) is 206 Å². The van der Waals surface area contributed by atoms with E-state index in [4.69, 9.17) is 9.97 Å². The molecule has 2 aromatic heterocycles. The fraction of sp³-hybridized carbons (Fsp3) is 0. The van der Waals surface area contributed by atoms with Crippen molar-refractivity contribution in [3.63, 3.8) is 0 Å². The third-order valence-corrected chi connectivity index (χ3v) is 12.5. The molecular weight excluding hydrogens is 729 g/mol. The summed E-state index contributed by atoms with van der Waals surface area (Å²) < 4.78 is 2.37. The molecule has 60 heavy (non-hydrogen) atoms. The van der Waals surface area contributed by atoms with E-state index in [0.717, 1.165) is 60.9 Å². The van der Waals surface area contributed by atoms with Gasteiger partial charge in [0.1, 0.15) is 0 Å². The fourth-order valence-electron chi connectivity index (χ4n) is 9.92. The Kier molecular flexibility index (Phi) is 6.98. The minimum absolute atomic E-state index is 0.702. The lowest BCUT2D eigenvalue weighted by Crippen LogP contribution is -2.15. The van der Waals surface area contributed by atoms with Gasteiger partial charge < -0.3 is 9.47 Å². The third-order valence-electron chi connectivity index (χ3n) is 12.5. The second-order valence-corrected chi connectivity index (χ2v) is 15.7. The molecule has 0 aliphatic carbocycles. The first-order valence-electron chi connectivity index (χ1n) is 20.5. The van der Waals surface area contributed by atoms with Crippen molar-refractivity contribution in [3.05, 3.63) is 206 Å². The molecule has 0 fully saturated rings. The highest BCUT2D eigenvalue weighted by Gasteiger charge is 2.28. The predicted octanol–water partition coefficient (Wildman–Crippen LogP) is 15.0. The van der Waals surface area contributed by atoms with Crippen molar-refractivity contribution in [2.45, 2.75) is 0 Å². The summed E-state index contributed by atoms with van der Waals surface area (Å²) in [5.74, 6) is 0.702. The Bertz CT molecular complexity index is 3730. The highest BCUT2D eigenvalue weighted by molar-refractivity contribution is 6.20. The van der Waals surface area contributed by atoms with Crippen LogP contribution >= 0.6 is 0 Å². The maximum atomic E-state index is 5.57. The smallest absolute Gasteiger partial charge is 0.161 e. The van der Waals surface area contributed by atoms with Gasteiger partial charge in [0.25, 0.3) is 0 Å². The Labute approximate surface area is 345 Å². The summed E-state index contributed by atoms with van der Waals surface area (Å²) in [7, 11) is 0. The summed E-state index contributed by atoms with van der Waals surface area (Å²) in [6, 6.07) is 74.3. The number of para-hydroxylation sites is 3. The summed E-state index contributed by atoms with van der Waals surface area (Å²) in [6.45, 7) is 0. The van der Waals surface area contributed by atoms with E-state index in [0.29, 0.717) is 5.82 Å². The first kappa shape index (κ1) is 32.9. The monoisotopic (exact) mass is 762 g/mol. The van der Waals surface area contributed by atoms with Crippen LogP contribution in [0, 0.1) is 0 Å². The van der Waals surface area contributed by atoms with Crippen LogP contribution in [0.25, 0.3) is 104 Å². The number of hydrogen-bond donors (Lipinski definition) is 0. The zero-order chi connectivity index (χ0) is 39.3. The van der Waals surface area contributed by atoms with Gasteiger partial charge >= 0.3 is 0 Å². The normalized spacial score (nSPS) is 12.3. The van der Waals surface area contributed by atoms with Crippen LogP contribution in [0.1, 0.15) is 0 Å². The SMILES string of the molecule is c1ccc(-n2c3ccccc3c3c(-c4nc(-c5cccc6ccc(N7c8ccc9ccccc9c8-c8cccc9cccc7c89)cc56)nc5ccccc45)cccc32)cc1. The van der Waals surface area contributed by atoms with Crippen molar-refractivity contribution in [2.75, 3.05) is 4.90 Å². The molecule has 0 radical (unpaired) electrons. The highest BCUT2D eigenvalue weighted by Crippen LogP contribution is 2.53. The Balaban J connectivity index is 1.05. The first-order valence-corrected chi connectivity index (χ1v) is 20.5. The third kappa shape index (κ3) is 4.73. The molecule has 0 spiro atoms. The van der Waals surface area contributed by atoms with Gasteiger partial charge in [-0.3, -0.25) is 0 Å². The van der Waals surface area contributed by atoms with Gasteiger partial charge in [0, 0.05) is 49.6 Å². The van der Waals surface area contributed by atoms with Crippen LogP contribution in [-0.2, 0) is 0 Å². The molecule has 13 rings (SSSR count). The lowest BCUT2D eigenvalue weighted by atomic mass is 9.87. The van der Waals surface area contributed by atoms with Crippen molar-refractivity contribution in [1.82, 2.24) is 14.5 Å². The van der Waals surface area contributed by atoms with Gasteiger partial charge in [-0.1, -0.05) is 152 Å². The zero-order valence-electron chi connectivity index (χ0n) is 32.4. The van der Waals surface area contributed by atoms with Gasteiger partial charge in [-0.25, -0.2) is 9.97 Å². The van der Waals surface area contributed by atoms with Gasteiger partial charge in [0.05, 0.1) is 33.6 Å². The fourth-order valence-corrected chi connectivity index (χ4v) is 9.92. The molecule has 0 atom stereocenters. The lowest BCUT2D eigenvalue weighted by Gasteiger charge is -2.34. The summed E-state index contributed by atoms with van der Waals surface area (Å²) in [5.41, 5.74) is 13.3. The molecule has 0 saturated heterocycles. The van der Waals surface area contributed by atoms with Crippen molar-refractivity contribution < 1.29 is 0 Å². The van der Waals surface area contributed by atoms with Crippen molar-refractivity contribution in [1.29, 1.82) is 0 Å². The average Bonchev–Trinajstić information content (AvgIpc) is 3.66. The van der Waals surface area contributed by atoms with Crippen LogP contribution in [0.4, 0.5) is 17.1 Å². The minimum Gasteiger partial charge on any atom is -0.309 e. The van der Waals surface area contributed by atoms with Crippen LogP contribution in [0.5, 0.6) is 0 Å². The average molecular weight is 763 g/mol. The largest absolute Gasteiger partial charge is 0.309 e. The molecule has 0 saturated carbocycles. The maximum Gasteiger partial charge on any atom is 0.161 e. The molecule has 3 heterocycles. The van der Waals surface area contributed by atoms with Gasteiger partial charge in [-0.2, -0.15) is 0 Å². The highest BCUT2D eigenvalue weighted by atomic mass is 15.2. The van der Waals surface area contributed by atoms with E-state index in [1.165, 1.54) is 54.8 Å². The van der Waals surface area contributed by atoms with Gasteiger partial charge in [0.15, 0.2) is 5.82 Å². The van der Waals surface area contributed by atoms with Gasteiger partial charge in [-0.15, -0.1) is 0 Å². The summed E-state index contributed by atoms with van der Waals surface area (Å²) in [6.07, 6.45) is 0. The van der Waals surface area contributed by atoms with Crippen LogP contribution in [-0.4, -0.2) is 14.5 Å². The van der Waals surface area contributed by atoms with Crippen molar-refractivity contribution >= 4 is 82.1 Å². The zero-order valence-corrected chi connectivity index (χ0v) is 32.4. The van der Waals surface area contributed by atoms with E-state index in [1.807, 2.05) is 0 Å². The molecule has 4 heteroatoms. The van der Waals surface area contributed by atoms with Gasteiger partial charge in [0.2, 0.25) is 0 Å².